The molecule has 136 valence electrons. The van der Waals surface area contributed by atoms with Crippen LogP contribution in [0.2, 0.25) is 0 Å². The van der Waals surface area contributed by atoms with Crippen molar-refractivity contribution in [2.24, 2.45) is 0 Å². The molecule has 1 saturated heterocycles. The van der Waals surface area contributed by atoms with Gasteiger partial charge in [0, 0.05) is 49.4 Å². The average Bonchev–Trinajstić information content (AvgIpc) is 2.91. The fourth-order valence-electron chi connectivity index (χ4n) is 3.56. The quantitative estimate of drug-likeness (QED) is 0.786. The summed E-state index contributed by atoms with van der Waals surface area (Å²) in [6.45, 7) is 3.69. The van der Waals surface area contributed by atoms with Gasteiger partial charge in [0.15, 0.2) is 0 Å². The van der Waals surface area contributed by atoms with Gasteiger partial charge in [0.2, 0.25) is 0 Å². The number of carbonyl (C=O) groups excluding carboxylic acids is 1. The first-order valence-corrected chi connectivity index (χ1v) is 8.92. The van der Waals surface area contributed by atoms with Crippen molar-refractivity contribution in [3.8, 4) is 11.3 Å². The first-order chi connectivity index (χ1) is 12.7. The van der Waals surface area contributed by atoms with Crippen LogP contribution in [0.15, 0.2) is 30.6 Å². The highest BCUT2D eigenvalue weighted by Gasteiger charge is 2.26. The molecule has 1 fully saturated rings. The fourth-order valence-corrected chi connectivity index (χ4v) is 3.56. The third-order valence-electron chi connectivity index (χ3n) is 4.94. The Balaban J connectivity index is 1.56. The number of morpholine rings is 1. The van der Waals surface area contributed by atoms with Crippen LogP contribution in [0.5, 0.6) is 0 Å². The minimum absolute atomic E-state index is 0.0568. The molecule has 3 heterocycles. The second kappa shape index (κ2) is 7.37. The second-order valence-corrected chi connectivity index (χ2v) is 6.53. The van der Waals surface area contributed by atoms with Crippen LogP contribution < -0.4 is 0 Å². The Kier molecular flexibility index (Phi) is 4.79. The smallest absolute Gasteiger partial charge is 0.320 e. The van der Waals surface area contributed by atoms with Gasteiger partial charge in [-0.25, -0.2) is 19.2 Å². The van der Waals surface area contributed by atoms with Crippen molar-refractivity contribution in [3.63, 3.8) is 0 Å². The van der Waals surface area contributed by atoms with Crippen LogP contribution >= 0.6 is 0 Å². The number of aromatic nitrogens is 2. The van der Waals surface area contributed by atoms with Crippen LogP contribution in [0.4, 0.5) is 9.18 Å². The van der Waals surface area contributed by atoms with Gasteiger partial charge in [-0.15, -0.1) is 0 Å². The van der Waals surface area contributed by atoms with Crippen molar-refractivity contribution in [3.05, 3.63) is 47.7 Å². The number of benzene rings is 1. The van der Waals surface area contributed by atoms with Crippen LogP contribution in [0.25, 0.3) is 11.3 Å². The van der Waals surface area contributed by atoms with E-state index in [1.807, 2.05) is 15.9 Å². The standard InChI is InChI=1S/C19H21FN4O2/c20-15-3-1-2-14(12-15)18-16-4-6-23(7-5-17(16)21-13-22-18)19(25)24-8-10-26-11-9-24/h1-3,12-13H,4-11H2. The van der Waals surface area contributed by atoms with E-state index in [1.54, 1.807) is 6.07 Å². The largest absolute Gasteiger partial charge is 0.378 e. The molecule has 26 heavy (non-hydrogen) atoms. The number of ether oxygens (including phenoxy) is 1. The Morgan fingerprint density at radius 2 is 1.81 bits per heavy atom. The number of nitrogens with zero attached hydrogens (tertiary/aromatic N) is 4. The molecule has 0 unspecified atom stereocenters. The van der Waals surface area contributed by atoms with Crippen molar-refractivity contribution in [2.45, 2.75) is 12.8 Å². The zero-order valence-electron chi connectivity index (χ0n) is 14.5. The Bertz CT molecular complexity index is 808. The van der Waals surface area contributed by atoms with E-state index in [1.165, 1.54) is 18.5 Å². The third kappa shape index (κ3) is 3.39. The lowest BCUT2D eigenvalue weighted by molar-refractivity contribution is 0.0436. The molecule has 0 aliphatic carbocycles. The Hall–Kier alpha value is -2.54. The Morgan fingerprint density at radius 1 is 1.04 bits per heavy atom. The van der Waals surface area contributed by atoms with Crippen LogP contribution in [0.3, 0.4) is 0 Å². The van der Waals surface area contributed by atoms with Gasteiger partial charge in [-0.05, 0) is 18.6 Å². The molecule has 2 aliphatic heterocycles. The first kappa shape index (κ1) is 16.9. The maximum Gasteiger partial charge on any atom is 0.320 e. The predicted octanol–water partition coefficient (Wildman–Crippen LogP) is 2.14. The number of halogens is 1. The van der Waals surface area contributed by atoms with Crippen molar-refractivity contribution in [2.75, 3.05) is 39.4 Å². The van der Waals surface area contributed by atoms with Gasteiger partial charge in [-0.1, -0.05) is 12.1 Å². The number of urea groups is 1. The molecular formula is C19H21FN4O2. The second-order valence-electron chi connectivity index (χ2n) is 6.53. The summed E-state index contributed by atoms with van der Waals surface area (Å²) in [5.41, 5.74) is 3.46. The normalized spacial score (nSPS) is 17.6. The number of amides is 2. The Morgan fingerprint density at radius 3 is 2.62 bits per heavy atom. The molecule has 0 radical (unpaired) electrons. The zero-order valence-corrected chi connectivity index (χ0v) is 14.5. The van der Waals surface area contributed by atoms with E-state index in [-0.39, 0.29) is 11.8 Å². The van der Waals surface area contributed by atoms with Crippen LogP contribution in [-0.2, 0) is 17.6 Å². The summed E-state index contributed by atoms with van der Waals surface area (Å²) in [6.07, 6.45) is 2.87. The van der Waals surface area contributed by atoms with Crippen molar-refractivity contribution in [1.29, 1.82) is 0 Å². The molecule has 7 heteroatoms. The van der Waals surface area contributed by atoms with Crippen LogP contribution in [0, 0.1) is 5.82 Å². The van der Waals surface area contributed by atoms with Gasteiger partial charge in [-0.2, -0.15) is 0 Å². The molecule has 0 bridgehead atoms. The zero-order chi connectivity index (χ0) is 17.9. The highest BCUT2D eigenvalue weighted by atomic mass is 19.1. The third-order valence-corrected chi connectivity index (χ3v) is 4.94. The van der Waals surface area contributed by atoms with Gasteiger partial charge in [0.05, 0.1) is 18.9 Å². The number of hydrogen-bond acceptors (Lipinski definition) is 4. The number of carbonyl (C=O) groups is 1. The monoisotopic (exact) mass is 356 g/mol. The van der Waals surface area contributed by atoms with E-state index in [2.05, 4.69) is 9.97 Å². The van der Waals surface area contributed by atoms with E-state index in [4.69, 9.17) is 4.74 Å². The van der Waals surface area contributed by atoms with Crippen molar-refractivity contribution >= 4 is 6.03 Å². The molecule has 0 spiro atoms. The lowest BCUT2D eigenvalue weighted by Gasteiger charge is -2.32. The van der Waals surface area contributed by atoms with Gasteiger partial charge in [-0.3, -0.25) is 0 Å². The summed E-state index contributed by atoms with van der Waals surface area (Å²) in [5, 5.41) is 0. The molecule has 2 amide bonds. The molecule has 1 aromatic heterocycles. The topological polar surface area (TPSA) is 58.6 Å². The molecule has 1 aromatic carbocycles. The van der Waals surface area contributed by atoms with E-state index < -0.39 is 0 Å². The summed E-state index contributed by atoms with van der Waals surface area (Å²) in [6, 6.07) is 6.51. The van der Waals surface area contributed by atoms with E-state index in [9.17, 15) is 9.18 Å². The van der Waals surface area contributed by atoms with Crippen LogP contribution in [-0.4, -0.2) is 65.2 Å². The summed E-state index contributed by atoms with van der Waals surface area (Å²) < 4.78 is 19.0. The minimum Gasteiger partial charge on any atom is -0.378 e. The van der Waals surface area contributed by atoms with Crippen LogP contribution in [0.1, 0.15) is 11.3 Å². The molecule has 0 saturated carbocycles. The Labute approximate surface area is 151 Å². The maximum absolute atomic E-state index is 13.6. The number of hydrogen-bond donors (Lipinski definition) is 0. The van der Waals surface area contributed by atoms with Gasteiger partial charge in [0.1, 0.15) is 12.1 Å². The van der Waals surface area contributed by atoms with E-state index in [0.29, 0.717) is 52.2 Å². The summed E-state index contributed by atoms with van der Waals surface area (Å²) >= 11 is 0. The molecule has 4 rings (SSSR count). The average molecular weight is 356 g/mol. The molecule has 0 atom stereocenters. The van der Waals surface area contributed by atoms with Gasteiger partial charge >= 0.3 is 6.03 Å². The van der Waals surface area contributed by atoms with Gasteiger partial charge in [0.25, 0.3) is 0 Å². The molecule has 6 nitrogen and oxygen atoms in total. The number of rotatable bonds is 1. The lowest BCUT2D eigenvalue weighted by atomic mass is 10.0. The van der Waals surface area contributed by atoms with Crippen molar-refractivity contribution in [1.82, 2.24) is 19.8 Å². The molecule has 2 aromatic rings. The molecule has 2 aliphatic rings. The summed E-state index contributed by atoms with van der Waals surface area (Å²) in [5.74, 6) is -0.285. The highest BCUT2D eigenvalue weighted by Crippen LogP contribution is 2.26. The van der Waals surface area contributed by atoms with E-state index in [0.717, 1.165) is 22.5 Å². The van der Waals surface area contributed by atoms with Gasteiger partial charge < -0.3 is 14.5 Å². The maximum atomic E-state index is 13.6. The fraction of sp³-hybridized carbons (Fsp3) is 0.421. The van der Waals surface area contributed by atoms with Crippen molar-refractivity contribution < 1.29 is 13.9 Å². The highest BCUT2D eigenvalue weighted by molar-refractivity contribution is 5.75. The SMILES string of the molecule is O=C(N1CCOCC1)N1CCc2ncnc(-c3cccc(F)c3)c2CC1. The number of fused-ring (bicyclic) bond motifs is 1. The first-order valence-electron chi connectivity index (χ1n) is 8.92. The molecule has 0 N–H and O–H groups in total. The minimum atomic E-state index is -0.285. The summed E-state index contributed by atoms with van der Waals surface area (Å²) in [7, 11) is 0. The predicted molar refractivity (Wildman–Crippen MR) is 94.2 cm³/mol. The summed E-state index contributed by atoms with van der Waals surface area (Å²) in [4.78, 5) is 25.3. The lowest BCUT2D eigenvalue weighted by Crippen LogP contribution is -2.48. The van der Waals surface area contributed by atoms with E-state index >= 15 is 0 Å². The molecular weight excluding hydrogens is 335 g/mol.